The highest BCUT2D eigenvalue weighted by atomic mass is 16.5. The van der Waals surface area contributed by atoms with Crippen molar-refractivity contribution in [3.05, 3.63) is 53.8 Å². The molecule has 0 unspecified atom stereocenters. The van der Waals surface area contributed by atoms with E-state index in [1.54, 1.807) is 12.3 Å². The van der Waals surface area contributed by atoms with Crippen molar-refractivity contribution in [2.45, 2.75) is 19.8 Å². The molecule has 0 aliphatic rings. The summed E-state index contributed by atoms with van der Waals surface area (Å²) in [7, 11) is 5.47. The minimum Gasteiger partial charge on any atom is -0.495 e. The van der Waals surface area contributed by atoms with Gasteiger partial charge in [-0.15, -0.1) is 0 Å². The van der Waals surface area contributed by atoms with Crippen LogP contribution in [0.5, 0.6) is 17.2 Å². The SMILES string of the molecule is COc1c(C(C)=O)c(OCCN(C)C)c(OCCCc2ccccc2)c2occc12. The van der Waals surface area contributed by atoms with Crippen LogP contribution in [0.2, 0.25) is 0 Å². The van der Waals surface area contributed by atoms with Gasteiger partial charge in [-0.25, -0.2) is 0 Å². The van der Waals surface area contributed by atoms with Crippen LogP contribution in [0.3, 0.4) is 0 Å². The summed E-state index contributed by atoms with van der Waals surface area (Å²) in [6.45, 7) is 3.08. The van der Waals surface area contributed by atoms with Gasteiger partial charge in [-0.2, -0.15) is 0 Å². The smallest absolute Gasteiger partial charge is 0.205 e. The minimum atomic E-state index is -0.149. The third kappa shape index (κ3) is 4.94. The Labute approximate surface area is 177 Å². The second-order valence-corrected chi connectivity index (χ2v) is 7.38. The molecule has 0 spiro atoms. The molecule has 3 rings (SSSR count). The fraction of sp³-hybridized carbons (Fsp3) is 0.375. The molecule has 3 aromatic rings. The maximum atomic E-state index is 12.5. The predicted molar refractivity (Wildman–Crippen MR) is 117 cm³/mol. The summed E-state index contributed by atoms with van der Waals surface area (Å²) < 4.78 is 23.4. The van der Waals surface area contributed by atoms with Gasteiger partial charge in [-0.05, 0) is 45.5 Å². The van der Waals surface area contributed by atoms with Crippen molar-refractivity contribution < 1.29 is 23.4 Å². The van der Waals surface area contributed by atoms with Gasteiger partial charge in [-0.3, -0.25) is 4.79 Å². The highest BCUT2D eigenvalue weighted by molar-refractivity contribution is 6.08. The zero-order valence-electron chi connectivity index (χ0n) is 18.1. The van der Waals surface area contributed by atoms with Gasteiger partial charge < -0.3 is 23.5 Å². The molecule has 0 fully saturated rings. The number of Topliss-reactive ketones (excluding diaryl/α,β-unsaturated/α-hetero) is 1. The van der Waals surface area contributed by atoms with Crippen LogP contribution in [-0.2, 0) is 6.42 Å². The Balaban J connectivity index is 1.91. The van der Waals surface area contributed by atoms with Crippen molar-refractivity contribution in [3.63, 3.8) is 0 Å². The summed E-state index contributed by atoms with van der Waals surface area (Å²) >= 11 is 0. The van der Waals surface area contributed by atoms with Crippen LogP contribution in [0.1, 0.15) is 29.3 Å². The van der Waals surface area contributed by atoms with Crippen molar-refractivity contribution in [2.24, 2.45) is 0 Å². The van der Waals surface area contributed by atoms with E-state index in [1.165, 1.54) is 19.6 Å². The zero-order valence-corrected chi connectivity index (χ0v) is 18.1. The summed E-state index contributed by atoms with van der Waals surface area (Å²) in [6.07, 6.45) is 3.29. The maximum Gasteiger partial charge on any atom is 0.205 e. The summed E-state index contributed by atoms with van der Waals surface area (Å²) in [6, 6.07) is 12.0. The van der Waals surface area contributed by atoms with Crippen LogP contribution in [0.25, 0.3) is 11.0 Å². The Morgan fingerprint density at radius 3 is 2.40 bits per heavy atom. The van der Waals surface area contributed by atoms with E-state index in [2.05, 4.69) is 12.1 Å². The third-order valence-electron chi connectivity index (χ3n) is 4.82. The largest absolute Gasteiger partial charge is 0.495 e. The normalized spacial score (nSPS) is 11.1. The number of benzene rings is 2. The Morgan fingerprint density at radius 1 is 1.00 bits per heavy atom. The van der Waals surface area contributed by atoms with E-state index < -0.39 is 0 Å². The molecule has 30 heavy (non-hydrogen) atoms. The predicted octanol–water partition coefficient (Wildman–Crippen LogP) is 4.60. The number of rotatable bonds is 11. The van der Waals surface area contributed by atoms with E-state index in [0.29, 0.717) is 53.5 Å². The molecule has 0 amide bonds. The van der Waals surface area contributed by atoms with Crippen LogP contribution in [0.4, 0.5) is 0 Å². The molecule has 160 valence electrons. The van der Waals surface area contributed by atoms with Crippen molar-refractivity contribution in [2.75, 3.05) is 41.0 Å². The summed E-state index contributed by atoms with van der Waals surface area (Å²) in [5.74, 6) is 1.13. The number of hydrogen-bond donors (Lipinski definition) is 0. The number of fused-ring (bicyclic) bond motifs is 1. The van der Waals surface area contributed by atoms with Gasteiger partial charge in [0, 0.05) is 6.54 Å². The molecular weight excluding hydrogens is 382 g/mol. The molecule has 0 radical (unpaired) electrons. The number of ether oxygens (including phenoxy) is 3. The lowest BCUT2D eigenvalue weighted by Gasteiger charge is -2.19. The lowest BCUT2D eigenvalue weighted by atomic mass is 10.0. The van der Waals surface area contributed by atoms with Gasteiger partial charge in [0.1, 0.15) is 17.9 Å². The van der Waals surface area contributed by atoms with Gasteiger partial charge >= 0.3 is 0 Å². The van der Waals surface area contributed by atoms with E-state index in [1.807, 2.05) is 37.2 Å². The van der Waals surface area contributed by atoms with E-state index in [-0.39, 0.29) is 5.78 Å². The molecule has 0 aliphatic heterocycles. The molecular formula is C24H29NO5. The zero-order chi connectivity index (χ0) is 21.5. The second-order valence-electron chi connectivity index (χ2n) is 7.38. The van der Waals surface area contributed by atoms with Crippen LogP contribution < -0.4 is 14.2 Å². The summed E-state index contributed by atoms with van der Waals surface area (Å²) in [4.78, 5) is 14.5. The lowest BCUT2D eigenvalue weighted by molar-refractivity contribution is 0.100. The molecule has 0 saturated heterocycles. The van der Waals surface area contributed by atoms with Gasteiger partial charge in [0.15, 0.2) is 17.1 Å². The van der Waals surface area contributed by atoms with Crippen molar-refractivity contribution in [3.8, 4) is 17.2 Å². The first-order valence-corrected chi connectivity index (χ1v) is 10.1. The summed E-state index contributed by atoms with van der Waals surface area (Å²) in [5.41, 5.74) is 2.16. The van der Waals surface area contributed by atoms with Crippen LogP contribution in [-0.4, -0.2) is 51.6 Å². The van der Waals surface area contributed by atoms with Gasteiger partial charge in [0.25, 0.3) is 0 Å². The molecule has 0 atom stereocenters. The highest BCUT2D eigenvalue weighted by Crippen LogP contribution is 2.46. The molecule has 0 N–H and O–H groups in total. The number of aryl methyl sites for hydroxylation is 1. The molecule has 0 aliphatic carbocycles. The monoisotopic (exact) mass is 411 g/mol. The molecule has 6 heteroatoms. The fourth-order valence-corrected chi connectivity index (χ4v) is 3.34. The second kappa shape index (κ2) is 10.2. The van der Waals surface area contributed by atoms with Crippen molar-refractivity contribution >= 4 is 16.8 Å². The van der Waals surface area contributed by atoms with Crippen LogP contribution in [0.15, 0.2) is 47.1 Å². The third-order valence-corrected chi connectivity index (χ3v) is 4.82. The molecule has 2 aromatic carbocycles. The Bertz CT molecular complexity index is 978. The first-order valence-electron chi connectivity index (χ1n) is 10.1. The van der Waals surface area contributed by atoms with Crippen molar-refractivity contribution in [1.82, 2.24) is 4.90 Å². The molecule has 6 nitrogen and oxygen atoms in total. The van der Waals surface area contributed by atoms with Crippen LogP contribution in [0, 0.1) is 0 Å². The fourth-order valence-electron chi connectivity index (χ4n) is 3.34. The number of carbonyl (C=O) groups excluding carboxylic acids is 1. The van der Waals surface area contributed by atoms with E-state index >= 15 is 0 Å². The number of furan rings is 1. The van der Waals surface area contributed by atoms with Crippen molar-refractivity contribution in [1.29, 1.82) is 0 Å². The topological polar surface area (TPSA) is 61.1 Å². The Hall–Kier alpha value is -2.99. The van der Waals surface area contributed by atoms with E-state index in [9.17, 15) is 4.79 Å². The number of methoxy groups -OCH3 is 1. The Morgan fingerprint density at radius 2 is 1.73 bits per heavy atom. The average molecular weight is 411 g/mol. The standard InChI is InChI=1S/C24H29NO5/c1-17(26)20-21(27-4)19-12-15-29-22(19)24(23(20)30-16-13-25(2)3)28-14-8-11-18-9-6-5-7-10-18/h5-7,9-10,12,15H,8,11,13-14,16H2,1-4H3. The van der Waals surface area contributed by atoms with Crippen LogP contribution >= 0.6 is 0 Å². The number of ketones is 1. The number of hydrogen-bond acceptors (Lipinski definition) is 6. The van der Waals surface area contributed by atoms with Gasteiger partial charge in [0.2, 0.25) is 5.75 Å². The molecule has 1 heterocycles. The van der Waals surface area contributed by atoms with Gasteiger partial charge in [0.05, 0.1) is 25.4 Å². The number of likely N-dealkylation sites (N-methyl/N-ethyl adjacent to an activating group) is 1. The van der Waals surface area contributed by atoms with Gasteiger partial charge in [-0.1, -0.05) is 30.3 Å². The van der Waals surface area contributed by atoms with E-state index in [0.717, 1.165) is 12.8 Å². The lowest BCUT2D eigenvalue weighted by Crippen LogP contribution is -2.20. The number of nitrogens with zero attached hydrogens (tertiary/aromatic N) is 1. The van der Waals surface area contributed by atoms with E-state index in [4.69, 9.17) is 18.6 Å². The first-order chi connectivity index (χ1) is 14.5. The molecule has 0 saturated carbocycles. The Kier molecular flexibility index (Phi) is 7.36. The quantitative estimate of drug-likeness (QED) is 0.340. The number of carbonyl (C=O) groups is 1. The highest BCUT2D eigenvalue weighted by Gasteiger charge is 2.27. The summed E-state index contributed by atoms with van der Waals surface area (Å²) in [5, 5.41) is 0.695. The molecule has 1 aromatic heterocycles. The maximum absolute atomic E-state index is 12.5. The molecule has 0 bridgehead atoms. The first kappa shape index (κ1) is 21.7. The minimum absolute atomic E-state index is 0.149. The average Bonchev–Trinajstić information content (AvgIpc) is 3.21.